The van der Waals surface area contributed by atoms with Gasteiger partial charge in [-0.1, -0.05) is 48.8 Å². The quantitative estimate of drug-likeness (QED) is 0.0931. The molecular weight excluding hydrogens is 784 g/mol. The molecule has 0 spiro atoms. The third kappa shape index (κ3) is 11.2. The summed E-state index contributed by atoms with van der Waals surface area (Å²) in [5.41, 5.74) is -4.32. The number of alkyl halides is 1. The number of halogens is 1. The summed E-state index contributed by atoms with van der Waals surface area (Å²) in [6, 6.07) is -0.311. The lowest BCUT2D eigenvalue weighted by molar-refractivity contribution is -0.317. The average Bonchev–Trinajstić information content (AvgIpc) is 3.11. The van der Waals surface area contributed by atoms with Crippen molar-refractivity contribution in [1.29, 1.82) is 0 Å². The van der Waals surface area contributed by atoms with Gasteiger partial charge in [0.25, 0.3) is 0 Å². The minimum Gasteiger partial charge on any atom is -0.459 e. The van der Waals surface area contributed by atoms with E-state index in [0.29, 0.717) is 17.5 Å². The molecule has 3 fully saturated rings. The highest BCUT2D eigenvalue weighted by Gasteiger charge is 2.53. The van der Waals surface area contributed by atoms with Gasteiger partial charge in [-0.15, -0.1) is 0 Å². The van der Waals surface area contributed by atoms with Gasteiger partial charge in [-0.25, -0.2) is 0 Å². The predicted octanol–water partition coefficient (Wildman–Crippen LogP) is 2.98. The standard InChI is InChI=1S/C39H71BrN2O13/c1-14-27-39(10,48)32(44)22(4)29(41-50-16-15-40)20(2)18-37(8,47)34(55-36-30(43)26(42(11)12)17-21(3)51-36)23(5)31(24(6)35(46)53-27)54-28-19-38(9,49-13)33(45)25(7)52-28/h20-28,30-34,36,43-45,47-48H,14-19H2,1-13H3/b41-29+/t20-,21-,22+,23+,24-,25+,26+,27?,28+,30-,31?,32-,33+,34-,36+,37-,38-,39-/m1/s1. The number of nitrogens with zero attached hydrogens (tertiary/aromatic N) is 2. The molecular formula is C39H71BrN2O13. The second-order valence-corrected chi connectivity index (χ2v) is 17.9. The maximum Gasteiger partial charge on any atom is 0.311 e. The molecule has 0 radical (unpaired) electrons. The molecule has 0 aliphatic carbocycles. The van der Waals surface area contributed by atoms with Crippen molar-refractivity contribution in [3.05, 3.63) is 0 Å². The summed E-state index contributed by atoms with van der Waals surface area (Å²) in [4.78, 5) is 21.8. The van der Waals surface area contributed by atoms with Crippen LogP contribution in [0.5, 0.6) is 0 Å². The van der Waals surface area contributed by atoms with Gasteiger partial charge < -0.3 is 63.7 Å². The molecule has 16 heteroatoms. The van der Waals surface area contributed by atoms with E-state index in [1.807, 2.05) is 32.8 Å². The van der Waals surface area contributed by atoms with Crippen LogP contribution in [0.4, 0.5) is 0 Å². The van der Waals surface area contributed by atoms with Gasteiger partial charge in [0.1, 0.15) is 30.5 Å². The summed E-state index contributed by atoms with van der Waals surface area (Å²) in [7, 11) is 5.23. The van der Waals surface area contributed by atoms with Crippen molar-refractivity contribution in [3.8, 4) is 0 Å². The first kappa shape index (κ1) is 48.3. The summed E-state index contributed by atoms with van der Waals surface area (Å²) >= 11 is 3.34. The van der Waals surface area contributed by atoms with Gasteiger partial charge in [0.2, 0.25) is 0 Å². The van der Waals surface area contributed by atoms with Crippen LogP contribution in [0, 0.1) is 23.7 Å². The van der Waals surface area contributed by atoms with Gasteiger partial charge in [-0.3, -0.25) is 4.79 Å². The van der Waals surface area contributed by atoms with E-state index in [4.69, 9.17) is 33.3 Å². The largest absolute Gasteiger partial charge is 0.459 e. The van der Waals surface area contributed by atoms with Crippen LogP contribution in [0.2, 0.25) is 0 Å². The Morgan fingerprint density at radius 1 is 0.945 bits per heavy atom. The Kier molecular flexibility index (Phi) is 17.4. The second-order valence-electron chi connectivity index (χ2n) is 17.1. The first-order chi connectivity index (χ1) is 25.5. The number of ether oxygens (including phenoxy) is 6. The van der Waals surface area contributed by atoms with Crippen LogP contribution in [-0.4, -0.2) is 160 Å². The second kappa shape index (κ2) is 19.8. The van der Waals surface area contributed by atoms with Crippen LogP contribution < -0.4 is 0 Å². The number of carbonyl (C=O) groups is 1. The van der Waals surface area contributed by atoms with Crippen LogP contribution in [0.15, 0.2) is 5.16 Å². The first-order valence-corrected chi connectivity index (χ1v) is 20.9. The van der Waals surface area contributed by atoms with Crippen LogP contribution in [0.3, 0.4) is 0 Å². The number of cyclic esters (lactones) is 1. The number of aliphatic hydroxyl groups is 5. The van der Waals surface area contributed by atoms with E-state index in [9.17, 15) is 30.3 Å². The third-order valence-electron chi connectivity index (χ3n) is 12.2. The fourth-order valence-electron chi connectivity index (χ4n) is 8.75. The van der Waals surface area contributed by atoms with Crippen molar-refractivity contribution in [2.24, 2.45) is 28.8 Å². The molecule has 322 valence electrons. The molecule has 0 aromatic heterocycles. The molecule has 3 heterocycles. The van der Waals surface area contributed by atoms with E-state index in [0.717, 1.165) is 0 Å². The van der Waals surface area contributed by atoms with Crippen molar-refractivity contribution in [2.75, 3.05) is 33.1 Å². The Morgan fingerprint density at radius 3 is 2.15 bits per heavy atom. The molecule has 0 amide bonds. The Balaban J connectivity index is 2.24. The molecule has 15 nitrogen and oxygen atoms in total. The van der Waals surface area contributed by atoms with Crippen molar-refractivity contribution >= 4 is 27.6 Å². The number of carbonyl (C=O) groups excluding carboxylic acids is 1. The monoisotopic (exact) mass is 854 g/mol. The highest BCUT2D eigenvalue weighted by molar-refractivity contribution is 9.09. The number of aliphatic hydroxyl groups excluding tert-OH is 3. The maximum absolute atomic E-state index is 14.3. The highest BCUT2D eigenvalue weighted by atomic mass is 79.9. The number of methoxy groups -OCH3 is 1. The lowest BCUT2D eigenvalue weighted by atomic mass is 9.73. The van der Waals surface area contributed by atoms with Gasteiger partial charge >= 0.3 is 5.97 Å². The third-order valence-corrected chi connectivity index (χ3v) is 12.5. The molecule has 3 saturated heterocycles. The highest BCUT2D eigenvalue weighted by Crippen LogP contribution is 2.41. The van der Waals surface area contributed by atoms with Gasteiger partial charge in [0.15, 0.2) is 12.6 Å². The molecule has 0 aromatic rings. The minimum atomic E-state index is -1.92. The maximum atomic E-state index is 14.3. The summed E-state index contributed by atoms with van der Waals surface area (Å²) in [5.74, 6) is -3.94. The lowest BCUT2D eigenvalue weighted by Crippen LogP contribution is -2.61. The van der Waals surface area contributed by atoms with Gasteiger partial charge in [-0.2, -0.15) is 0 Å². The van der Waals surface area contributed by atoms with Crippen LogP contribution in [0.1, 0.15) is 94.9 Å². The van der Waals surface area contributed by atoms with E-state index >= 15 is 0 Å². The SMILES string of the molecule is CCC1OC(=O)[C@H](C)C(O[C@H]2C[C@@](C)(OC)[C@@H](O)[C@H](C)O2)[C@H](C)[C@@H](O[C@@H]2O[C@H](C)C[C@H](N(C)C)[C@H]2O)[C@](C)(O)C[C@@H](C)/C(=N\OCCBr)[C@H](C)[C@@H](O)[C@]1(C)O. The summed E-state index contributed by atoms with van der Waals surface area (Å²) in [6.07, 6.45) is -9.16. The smallest absolute Gasteiger partial charge is 0.311 e. The molecule has 18 atom stereocenters. The zero-order chi connectivity index (χ0) is 41.8. The minimum absolute atomic E-state index is 0.0147. The zero-order valence-electron chi connectivity index (χ0n) is 35.2. The molecule has 3 aliphatic rings. The molecule has 5 N–H and O–H groups in total. The average molecular weight is 856 g/mol. The Hall–Kier alpha value is -1.02. The molecule has 0 saturated carbocycles. The van der Waals surface area contributed by atoms with Crippen LogP contribution in [0.25, 0.3) is 0 Å². The molecule has 55 heavy (non-hydrogen) atoms. The van der Waals surface area contributed by atoms with E-state index in [-0.39, 0.29) is 38.0 Å². The fraction of sp³-hybridized carbons (Fsp3) is 0.949. The number of hydrogen-bond acceptors (Lipinski definition) is 15. The summed E-state index contributed by atoms with van der Waals surface area (Å²) in [6.45, 7) is 17.3. The van der Waals surface area contributed by atoms with Gasteiger partial charge in [-0.05, 0) is 74.9 Å². The Labute approximate surface area is 336 Å². The number of rotatable bonds is 10. The van der Waals surface area contributed by atoms with Crippen molar-refractivity contribution in [2.45, 2.75) is 179 Å². The predicted molar refractivity (Wildman–Crippen MR) is 208 cm³/mol. The fourth-order valence-corrected chi connectivity index (χ4v) is 8.89. The molecule has 3 rings (SSSR count). The normalized spacial score (nSPS) is 47.7. The van der Waals surface area contributed by atoms with E-state index < -0.39 is 102 Å². The topological polar surface area (TPSA) is 198 Å². The molecule has 2 unspecified atom stereocenters. The molecule has 3 aliphatic heterocycles. The summed E-state index contributed by atoms with van der Waals surface area (Å²) in [5, 5.41) is 63.8. The van der Waals surface area contributed by atoms with Gasteiger partial charge in [0.05, 0.1) is 53.4 Å². The Morgan fingerprint density at radius 2 is 1.58 bits per heavy atom. The van der Waals surface area contributed by atoms with Crippen molar-refractivity contribution < 1.29 is 63.6 Å². The van der Waals surface area contributed by atoms with E-state index in [1.165, 1.54) is 14.0 Å². The van der Waals surface area contributed by atoms with E-state index in [1.54, 1.807) is 48.5 Å². The van der Waals surface area contributed by atoms with Crippen LogP contribution >= 0.6 is 15.9 Å². The van der Waals surface area contributed by atoms with Crippen molar-refractivity contribution in [3.63, 3.8) is 0 Å². The molecule has 0 bridgehead atoms. The number of esters is 1. The number of hydrogen-bond donors (Lipinski definition) is 5. The lowest BCUT2D eigenvalue weighted by Gasteiger charge is -2.49. The van der Waals surface area contributed by atoms with Gasteiger partial charge in [0, 0.05) is 42.7 Å². The number of likely N-dealkylation sites (N-methyl/N-ethyl adjacent to an activating group) is 1. The van der Waals surface area contributed by atoms with Crippen LogP contribution in [-0.2, 0) is 38.1 Å². The van der Waals surface area contributed by atoms with E-state index in [2.05, 4.69) is 21.1 Å². The molecule has 0 aromatic carbocycles. The zero-order valence-corrected chi connectivity index (χ0v) is 36.8. The number of oxime groups is 1. The first-order valence-electron chi connectivity index (χ1n) is 19.8. The van der Waals surface area contributed by atoms with Crippen molar-refractivity contribution in [1.82, 2.24) is 4.90 Å². The summed E-state index contributed by atoms with van der Waals surface area (Å²) < 4.78 is 37.6. The Bertz CT molecular complexity index is 1260.